The number of carbonyl (C=O) groups is 1. The lowest BCUT2D eigenvalue weighted by Crippen LogP contribution is -2.47. The van der Waals surface area contributed by atoms with Crippen LogP contribution in [0.3, 0.4) is 0 Å². The number of halogens is 1. The lowest BCUT2D eigenvalue weighted by Gasteiger charge is -2.33. The van der Waals surface area contributed by atoms with Gasteiger partial charge in [-0.2, -0.15) is 0 Å². The highest BCUT2D eigenvalue weighted by Gasteiger charge is 2.43. The van der Waals surface area contributed by atoms with Crippen molar-refractivity contribution in [3.63, 3.8) is 0 Å². The van der Waals surface area contributed by atoms with Gasteiger partial charge in [-0.3, -0.25) is 9.69 Å². The summed E-state index contributed by atoms with van der Waals surface area (Å²) in [5, 5.41) is 1.24. The fourth-order valence-electron chi connectivity index (χ4n) is 4.27. The molecular formula is C21H20ClN3O2S. The van der Waals surface area contributed by atoms with Crippen LogP contribution < -0.4 is 4.74 Å². The molecule has 7 heteroatoms. The third-order valence-corrected chi connectivity index (χ3v) is 6.83. The van der Waals surface area contributed by atoms with E-state index in [1.165, 1.54) is 16.9 Å². The number of aromatic nitrogens is 1. The van der Waals surface area contributed by atoms with E-state index in [0.29, 0.717) is 22.3 Å². The molecule has 1 amide bonds. The Morgan fingerprint density at radius 3 is 2.71 bits per heavy atom. The number of ether oxygens (including phenoxy) is 1. The van der Waals surface area contributed by atoms with E-state index in [0.717, 1.165) is 42.0 Å². The number of hydrogen-bond donors (Lipinski definition) is 0. The minimum Gasteiger partial charge on any atom is -0.431 e. The van der Waals surface area contributed by atoms with E-state index in [2.05, 4.69) is 22.0 Å². The molecule has 0 unspecified atom stereocenters. The Kier molecular flexibility index (Phi) is 4.50. The minimum atomic E-state index is 0.199. The quantitative estimate of drug-likeness (QED) is 0.629. The smallest absolute Gasteiger partial charge is 0.279 e. The van der Waals surface area contributed by atoms with Crippen molar-refractivity contribution < 1.29 is 9.53 Å². The Bertz CT molecular complexity index is 1040. The van der Waals surface area contributed by atoms with E-state index >= 15 is 0 Å². The van der Waals surface area contributed by atoms with Crippen molar-refractivity contribution in [3.05, 3.63) is 53.1 Å². The van der Waals surface area contributed by atoms with Crippen LogP contribution in [-0.2, 0) is 11.3 Å². The predicted octanol–water partition coefficient (Wildman–Crippen LogP) is 4.55. The molecule has 2 atom stereocenters. The van der Waals surface area contributed by atoms with Crippen LogP contribution in [0.2, 0.25) is 5.02 Å². The van der Waals surface area contributed by atoms with Gasteiger partial charge in [0.05, 0.1) is 9.72 Å². The van der Waals surface area contributed by atoms with Crippen LogP contribution in [0.5, 0.6) is 10.9 Å². The van der Waals surface area contributed by atoms with Gasteiger partial charge < -0.3 is 9.64 Å². The van der Waals surface area contributed by atoms with Crippen LogP contribution in [0.4, 0.5) is 0 Å². The van der Waals surface area contributed by atoms with Crippen LogP contribution in [0.25, 0.3) is 10.2 Å². The highest BCUT2D eigenvalue weighted by Crippen LogP contribution is 2.35. The molecule has 0 aliphatic carbocycles. The summed E-state index contributed by atoms with van der Waals surface area (Å²) in [6.45, 7) is 4.41. The van der Waals surface area contributed by atoms with E-state index in [1.807, 2.05) is 35.2 Å². The van der Waals surface area contributed by atoms with Crippen LogP contribution >= 0.6 is 22.9 Å². The molecule has 2 saturated heterocycles. The van der Waals surface area contributed by atoms with E-state index < -0.39 is 0 Å². The van der Waals surface area contributed by atoms with Crippen molar-refractivity contribution in [3.8, 4) is 10.9 Å². The van der Waals surface area contributed by atoms with Gasteiger partial charge in [-0.1, -0.05) is 41.1 Å². The number of hydrogen-bond acceptors (Lipinski definition) is 5. The number of fused-ring (bicyclic) bond motifs is 3. The number of thiazole rings is 1. The average Bonchev–Trinajstić information content (AvgIpc) is 3.37. The molecule has 3 aromatic rings. The molecule has 5 rings (SSSR count). The number of likely N-dealkylation sites (tertiary alicyclic amines) is 2. The number of nitrogens with zero attached hydrogens (tertiary/aromatic N) is 3. The van der Waals surface area contributed by atoms with Crippen molar-refractivity contribution in [2.75, 3.05) is 13.1 Å². The van der Waals surface area contributed by atoms with Crippen molar-refractivity contribution in [1.29, 1.82) is 0 Å². The summed E-state index contributed by atoms with van der Waals surface area (Å²) < 4.78 is 6.94. The van der Waals surface area contributed by atoms with Crippen LogP contribution in [0.1, 0.15) is 18.9 Å². The first-order valence-corrected chi connectivity index (χ1v) is 10.6. The maximum Gasteiger partial charge on any atom is 0.279 e. The van der Waals surface area contributed by atoms with Crippen molar-refractivity contribution in [2.45, 2.75) is 32.0 Å². The van der Waals surface area contributed by atoms with Gasteiger partial charge in [0.15, 0.2) is 0 Å². The lowest BCUT2D eigenvalue weighted by molar-refractivity contribution is -0.131. The van der Waals surface area contributed by atoms with Crippen molar-refractivity contribution in [1.82, 2.24) is 14.8 Å². The Morgan fingerprint density at radius 2 is 2.04 bits per heavy atom. The zero-order chi connectivity index (χ0) is 19.3. The van der Waals surface area contributed by atoms with Crippen LogP contribution in [-0.4, -0.2) is 45.9 Å². The molecule has 2 fully saturated rings. The molecular weight excluding hydrogens is 394 g/mol. The van der Waals surface area contributed by atoms with Gasteiger partial charge in [0, 0.05) is 38.6 Å². The zero-order valence-corrected chi connectivity index (χ0v) is 17.0. The fourth-order valence-corrected chi connectivity index (χ4v) is 5.40. The summed E-state index contributed by atoms with van der Waals surface area (Å²) in [5.41, 5.74) is 2.03. The molecule has 3 heterocycles. The van der Waals surface area contributed by atoms with Gasteiger partial charge >= 0.3 is 0 Å². The monoisotopic (exact) mass is 413 g/mol. The van der Waals surface area contributed by atoms with E-state index in [4.69, 9.17) is 16.3 Å². The second-order valence-electron chi connectivity index (χ2n) is 7.46. The first-order chi connectivity index (χ1) is 13.6. The molecule has 5 nitrogen and oxygen atoms in total. The fraction of sp³-hybridized carbons (Fsp3) is 0.333. The minimum absolute atomic E-state index is 0.199. The van der Waals surface area contributed by atoms with Gasteiger partial charge in [-0.15, -0.1) is 0 Å². The number of benzene rings is 2. The number of amides is 1. The summed E-state index contributed by atoms with van der Waals surface area (Å²) in [7, 11) is 0. The summed E-state index contributed by atoms with van der Waals surface area (Å²) in [5.74, 6) is 0.967. The first kappa shape index (κ1) is 17.9. The highest BCUT2D eigenvalue weighted by molar-refractivity contribution is 7.20. The topological polar surface area (TPSA) is 45.7 Å². The molecule has 1 aromatic heterocycles. The molecule has 2 bridgehead atoms. The highest BCUT2D eigenvalue weighted by atomic mass is 35.5. The SMILES string of the molecule is CC(=O)N1C[C@@H]2C[C@@H]1CN2Cc1ccc(Oc2nc3c(Cl)cccc3s2)cc1. The second kappa shape index (κ2) is 7.03. The third kappa shape index (κ3) is 3.26. The molecule has 2 aromatic carbocycles. The number of piperazine rings is 1. The standard InChI is InChI=1S/C21H20ClN3O2S/c1-13(26)25-12-15-9-16(25)11-24(15)10-14-5-7-17(8-6-14)27-21-23-20-18(22)3-2-4-19(20)28-21/h2-8,15-16H,9-12H2,1H3/t15-,16+/m0/s1. The average molecular weight is 414 g/mol. The molecule has 144 valence electrons. The lowest BCUT2D eigenvalue weighted by atomic mass is 10.2. The molecule has 2 aliphatic heterocycles. The van der Waals surface area contributed by atoms with E-state index in [1.54, 1.807) is 6.92 Å². The Balaban J connectivity index is 1.24. The largest absolute Gasteiger partial charge is 0.431 e. The molecule has 0 saturated carbocycles. The van der Waals surface area contributed by atoms with E-state index in [-0.39, 0.29) is 5.91 Å². The maximum absolute atomic E-state index is 11.6. The summed E-state index contributed by atoms with van der Waals surface area (Å²) >= 11 is 7.68. The molecule has 0 N–H and O–H groups in total. The van der Waals surface area contributed by atoms with Gasteiger partial charge in [0.25, 0.3) is 5.19 Å². The van der Waals surface area contributed by atoms with Gasteiger partial charge in [-0.05, 0) is 36.2 Å². The normalized spacial score (nSPS) is 21.6. The van der Waals surface area contributed by atoms with Gasteiger partial charge in [-0.25, -0.2) is 4.98 Å². The second-order valence-corrected chi connectivity index (χ2v) is 8.86. The number of rotatable bonds is 4. The first-order valence-electron chi connectivity index (χ1n) is 9.40. The predicted molar refractivity (Wildman–Crippen MR) is 111 cm³/mol. The number of carbonyl (C=O) groups excluding carboxylic acids is 1. The molecule has 28 heavy (non-hydrogen) atoms. The van der Waals surface area contributed by atoms with Gasteiger partial charge in [0.2, 0.25) is 5.91 Å². The molecule has 0 spiro atoms. The Labute approximate surface area is 172 Å². The Hall–Kier alpha value is -2.15. The van der Waals surface area contributed by atoms with E-state index in [9.17, 15) is 4.79 Å². The summed E-state index contributed by atoms with van der Waals surface area (Å²) in [4.78, 5) is 20.6. The third-order valence-electron chi connectivity index (χ3n) is 5.62. The molecule has 2 aliphatic rings. The molecule has 0 radical (unpaired) electrons. The van der Waals surface area contributed by atoms with Crippen LogP contribution in [0, 0.1) is 0 Å². The zero-order valence-electron chi connectivity index (χ0n) is 15.5. The maximum atomic E-state index is 11.6. The summed E-state index contributed by atoms with van der Waals surface area (Å²) in [6, 6.07) is 14.8. The Morgan fingerprint density at radius 1 is 1.21 bits per heavy atom. The number of para-hydroxylation sites is 1. The van der Waals surface area contributed by atoms with Gasteiger partial charge in [0.1, 0.15) is 11.3 Å². The van der Waals surface area contributed by atoms with Crippen molar-refractivity contribution in [2.24, 2.45) is 0 Å². The summed E-state index contributed by atoms with van der Waals surface area (Å²) in [6.07, 6.45) is 1.10. The van der Waals surface area contributed by atoms with Crippen molar-refractivity contribution >= 4 is 39.1 Å². The van der Waals surface area contributed by atoms with Crippen LogP contribution in [0.15, 0.2) is 42.5 Å².